The second-order valence-corrected chi connectivity index (χ2v) is 6.69. The Morgan fingerprint density at radius 2 is 2.07 bits per heavy atom. The molecule has 2 heterocycles. The van der Waals surface area contributed by atoms with Gasteiger partial charge in [-0.3, -0.25) is 4.79 Å². The van der Waals surface area contributed by atoms with Crippen LogP contribution in [0.1, 0.15) is 25.1 Å². The molecule has 0 radical (unpaired) electrons. The summed E-state index contributed by atoms with van der Waals surface area (Å²) in [7, 11) is 0. The summed E-state index contributed by atoms with van der Waals surface area (Å²) in [6, 6.07) is 15.3. The lowest BCUT2D eigenvalue weighted by Gasteiger charge is -2.15. The zero-order valence-electron chi connectivity index (χ0n) is 15.1. The number of nitrogens with zero attached hydrogens (tertiary/aromatic N) is 1. The highest BCUT2D eigenvalue weighted by Crippen LogP contribution is 2.25. The van der Waals surface area contributed by atoms with Crippen molar-refractivity contribution in [1.82, 2.24) is 9.97 Å². The monoisotopic (exact) mass is 365 g/mol. The molecule has 0 aliphatic carbocycles. The molecule has 27 heavy (non-hydrogen) atoms. The van der Waals surface area contributed by atoms with Crippen LogP contribution in [-0.4, -0.2) is 35.2 Å². The first kappa shape index (κ1) is 17.5. The van der Waals surface area contributed by atoms with Crippen molar-refractivity contribution >= 4 is 22.6 Å². The van der Waals surface area contributed by atoms with Gasteiger partial charge in [-0.1, -0.05) is 24.3 Å². The van der Waals surface area contributed by atoms with Gasteiger partial charge >= 0.3 is 0 Å². The molecule has 2 N–H and O–H groups in total. The Morgan fingerprint density at radius 3 is 2.93 bits per heavy atom. The normalized spacial score (nSPS) is 16.5. The molecule has 0 bridgehead atoms. The number of anilines is 1. The van der Waals surface area contributed by atoms with Crippen LogP contribution in [0.25, 0.3) is 11.0 Å². The number of carbonyl (C=O) groups excluding carboxylic acids is 1. The third kappa shape index (κ3) is 4.46. The first-order valence-electron chi connectivity index (χ1n) is 9.35. The van der Waals surface area contributed by atoms with Crippen molar-refractivity contribution < 1.29 is 14.3 Å². The molecule has 1 saturated heterocycles. The van der Waals surface area contributed by atoms with Crippen LogP contribution in [0.15, 0.2) is 48.5 Å². The van der Waals surface area contributed by atoms with E-state index in [9.17, 15) is 4.79 Å². The summed E-state index contributed by atoms with van der Waals surface area (Å²) in [6.07, 6.45) is 3.14. The minimum Gasteiger partial charge on any atom is -0.489 e. The molecular formula is C21H23N3O3. The van der Waals surface area contributed by atoms with Crippen LogP contribution in [0, 0.1) is 0 Å². The number of aromatic amines is 1. The molecule has 1 aliphatic rings. The zero-order valence-corrected chi connectivity index (χ0v) is 15.1. The lowest BCUT2D eigenvalue weighted by molar-refractivity contribution is -0.116. The minimum atomic E-state index is -0.0661. The summed E-state index contributed by atoms with van der Waals surface area (Å²) < 4.78 is 11.5. The zero-order chi connectivity index (χ0) is 18.5. The molecule has 6 heteroatoms. The van der Waals surface area contributed by atoms with Crippen LogP contribution in [-0.2, 0) is 16.0 Å². The van der Waals surface area contributed by atoms with Crippen molar-refractivity contribution in [3.8, 4) is 5.75 Å². The van der Waals surface area contributed by atoms with Crippen LogP contribution in [0.3, 0.4) is 0 Å². The molecule has 1 amide bonds. The van der Waals surface area contributed by atoms with Gasteiger partial charge in [-0.2, -0.15) is 0 Å². The molecule has 1 fully saturated rings. The van der Waals surface area contributed by atoms with E-state index in [1.165, 1.54) is 0 Å². The summed E-state index contributed by atoms with van der Waals surface area (Å²) in [5.41, 5.74) is 2.59. The van der Waals surface area contributed by atoms with E-state index >= 15 is 0 Å². The number of rotatable bonds is 7. The molecule has 1 aliphatic heterocycles. The molecule has 1 aromatic heterocycles. The van der Waals surface area contributed by atoms with E-state index in [1.807, 2.05) is 48.5 Å². The average Bonchev–Trinajstić information content (AvgIpc) is 3.35. The Labute approximate surface area is 157 Å². The molecule has 1 unspecified atom stereocenters. The van der Waals surface area contributed by atoms with Gasteiger partial charge in [-0.05, 0) is 37.1 Å². The van der Waals surface area contributed by atoms with Gasteiger partial charge < -0.3 is 19.8 Å². The second-order valence-electron chi connectivity index (χ2n) is 6.69. The Kier molecular flexibility index (Phi) is 5.34. The molecule has 4 rings (SSSR count). The van der Waals surface area contributed by atoms with Crippen LogP contribution in [0.2, 0.25) is 0 Å². The SMILES string of the molecule is O=C(CCc1nc2ccccc2[nH]1)Nc1ccccc1OCC1CCCO1. The maximum Gasteiger partial charge on any atom is 0.224 e. The van der Waals surface area contributed by atoms with E-state index in [4.69, 9.17) is 9.47 Å². The quantitative estimate of drug-likeness (QED) is 0.669. The van der Waals surface area contributed by atoms with E-state index in [0.29, 0.717) is 30.9 Å². The molecule has 140 valence electrons. The fourth-order valence-electron chi connectivity index (χ4n) is 3.22. The number of aromatic nitrogens is 2. The fourth-order valence-corrected chi connectivity index (χ4v) is 3.22. The van der Waals surface area contributed by atoms with Crippen molar-refractivity contribution in [2.45, 2.75) is 31.8 Å². The van der Waals surface area contributed by atoms with Gasteiger partial charge in [0, 0.05) is 19.4 Å². The Bertz CT molecular complexity index is 883. The molecule has 2 aromatic carbocycles. The van der Waals surface area contributed by atoms with Crippen molar-refractivity contribution in [2.24, 2.45) is 0 Å². The van der Waals surface area contributed by atoms with Gasteiger partial charge in [-0.15, -0.1) is 0 Å². The maximum atomic E-state index is 12.4. The number of H-pyrrole nitrogens is 1. The Balaban J connectivity index is 1.33. The lowest BCUT2D eigenvalue weighted by Crippen LogP contribution is -2.18. The van der Waals surface area contributed by atoms with Crippen LogP contribution in [0.4, 0.5) is 5.69 Å². The van der Waals surface area contributed by atoms with E-state index in [1.54, 1.807) is 0 Å². The fraction of sp³-hybridized carbons (Fsp3) is 0.333. The topological polar surface area (TPSA) is 76.2 Å². The second kappa shape index (κ2) is 8.22. The smallest absolute Gasteiger partial charge is 0.224 e. The largest absolute Gasteiger partial charge is 0.489 e. The molecule has 0 spiro atoms. The third-order valence-corrected chi connectivity index (χ3v) is 4.64. The highest BCUT2D eigenvalue weighted by Gasteiger charge is 2.17. The Hall–Kier alpha value is -2.86. The van der Waals surface area contributed by atoms with Crippen LogP contribution >= 0.6 is 0 Å². The molecular weight excluding hydrogens is 342 g/mol. The number of amides is 1. The van der Waals surface area contributed by atoms with Crippen molar-refractivity contribution in [3.05, 3.63) is 54.4 Å². The summed E-state index contributed by atoms with van der Waals surface area (Å²) in [4.78, 5) is 20.1. The summed E-state index contributed by atoms with van der Waals surface area (Å²) >= 11 is 0. The van der Waals surface area contributed by atoms with Gasteiger partial charge in [-0.25, -0.2) is 4.98 Å². The van der Waals surface area contributed by atoms with Gasteiger partial charge in [0.05, 0.1) is 22.8 Å². The van der Waals surface area contributed by atoms with Gasteiger partial charge in [0.2, 0.25) is 5.91 Å². The average molecular weight is 365 g/mol. The van der Waals surface area contributed by atoms with Crippen molar-refractivity contribution in [2.75, 3.05) is 18.5 Å². The van der Waals surface area contributed by atoms with Crippen molar-refractivity contribution in [1.29, 1.82) is 0 Å². The number of para-hydroxylation sites is 4. The number of carbonyl (C=O) groups is 1. The standard InChI is InChI=1S/C21H23N3O3/c25-21(12-11-20-22-16-7-1-2-8-17(16)23-20)24-18-9-3-4-10-19(18)27-14-15-6-5-13-26-15/h1-4,7-10,15H,5-6,11-14H2,(H,22,23)(H,24,25). The number of aryl methyl sites for hydroxylation is 1. The van der Waals surface area contributed by atoms with E-state index in [-0.39, 0.29) is 12.0 Å². The first-order valence-corrected chi connectivity index (χ1v) is 9.35. The van der Waals surface area contributed by atoms with Crippen LogP contribution < -0.4 is 10.1 Å². The van der Waals surface area contributed by atoms with E-state index in [2.05, 4.69) is 15.3 Å². The van der Waals surface area contributed by atoms with Crippen molar-refractivity contribution in [3.63, 3.8) is 0 Å². The van der Waals surface area contributed by atoms with Gasteiger partial charge in [0.1, 0.15) is 18.2 Å². The number of fused-ring (bicyclic) bond motifs is 1. The number of ether oxygens (including phenoxy) is 2. The maximum absolute atomic E-state index is 12.4. The predicted octanol–water partition coefficient (Wildman–Crippen LogP) is 3.69. The van der Waals surface area contributed by atoms with Gasteiger partial charge in [0.15, 0.2) is 0 Å². The number of nitrogens with one attached hydrogen (secondary N) is 2. The number of hydrogen-bond donors (Lipinski definition) is 2. The first-order chi connectivity index (χ1) is 13.3. The van der Waals surface area contributed by atoms with Gasteiger partial charge in [0.25, 0.3) is 0 Å². The molecule has 0 saturated carbocycles. The highest BCUT2D eigenvalue weighted by atomic mass is 16.5. The summed E-state index contributed by atoms with van der Waals surface area (Å²) in [6.45, 7) is 1.31. The predicted molar refractivity (Wildman–Crippen MR) is 104 cm³/mol. The lowest BCUT2D eigenvalue weighted by atomic mass is 10.2. The minimum absolute atomic E-state index is 0.0661. The third-order valence-electron chi connectivity index (χ3n) is 4.64. The van der Waals surface area contributed by atoms with Crippen LogP contribution in [0.5, 0.6) is 5.75 Å². The Morgan fingerprint density at radius 1 is 1.22 bits per heavy atom. The molecule has 6 nitrogen and oxygen atoms in total. The number of benzene rings is 2. The molecule has 1 atom stereocenters. The highest BCUT2D eigenvalue weighted by molar-refractivity contribution is 5.92. The van der Waals surface area contributed by atoms with E-state index < -0.39 is 0 Å². The summed E-state index contributed by atoms with van der Waals surface area (Å²) in [5.74, 6) is 1.42. The number of imidazole rings is 1. The molecule has 3 aromatic rings. The summed E-state index contributed by atoms with van der Waals surface area (Å²) in [5, 5.41) is 2.94. The number of hydrogen-bond acceptors (Lipinski definition) is 4. The van der Waals surface area contributed by atoms with E-state index in [0.717, 1.165) is 36.3 Å².